The Balaban J connectivity index is 0.000000945. The second-order valence-electron chi connectivity index (χ2n) is 8.46. The van der Waals surface area contributed by atoms with Crippen LogP contribution in [0.5, 0.6) is 0 Å². The van der Waals surface area contributed by atoms with Crippen LogP contribution in [0.25, 0.3) is 23.3 Å². The van der Waals surface area contributed by atoms with E-state index in [1.807, 2.05) is 57.2 Å². The van der Waals surface area contributed by atoms with Crippen molar-refractivity contribution in [2.75, 3.05) is 5.32 Å². The molecule has 0 radical (unpaired) electrons. The van der Waals surface area contributed by atoms with Gasteiger partial charge in [0, 0.05) is 24.7 Å². The number of benzene rings is 1. The molecule has 0 atom stereocenters. The Morgan fingerprint density at radius 2 is 1.85 bits per heavy atom. The van der Waals surface area contributed by atoms with Crippen LogP contribution in [-0.4, -0.2) is 14.7 Å². The molecule has 0 fully saturated rings. The first-order valence-corrected chi connectivity index (χ1v) is 12.0. The molecular formula is C28H38N4O2. The van der Waals surface area contributed by atoms with Crippen molar-refractivity contribution >= 4 is 23.8 Å². The van der Waals surface area contributed by atoms with Gasteiger partial charge in [0.05, 0.1) is 5.35 Å². The summed E-state index contributed by atoms with van der Waals surface area (Å²) in [6.07, 6.45) is 8.25. The van der Waals surface area contributed by atoms with E-state index in [-0.39, 0.29) is 5.56 Å². The number of anilines is 2. The summed E-state index contributed by atoms with van der Waals surface area (Å²) in [7, 11) is 1.79. The maximum absolute atomic E-state index is 13.2. The fourth-order valence-electron chi connectivity index (χ4n) is 3.35. The van der Waals surface area contributed by atoms with Crippen LogP contribution in [0.4, 0.5) is 11.6 Å². The van der Waals surface area contributed by atoms with Crippen molar-refractivity contribution in [2.24, 2.45) is 7.05 Å². The summed E-state index contributed by atoms with van der Waals surface area (Å²) >= 11 is 0. The molecule has 0 aliphatic carbocycles. The van der Waals surface area contributed by atoms with Crippen LogP contribution in [0.3, 0.4) is 0 Å². The summed E-state index contributed by atoms with van der Waals surface area (Å²) < 4.78 is 6.91. The molecule has 1 N–H and O–H groups in total. The highest BCUT2D eigenvalue weighted by Gasteiger charge is 2.12. The largest absolute Gasteiger partial charge is 0.337 e. The molecule has 0 amide bonds. The van der Waals surface area contributed by atoms with Gasteiger partial charge in [0.2, 0.25) is 5.89 Å². The number of nitrogens with one attached hydrogen (secondary N) is 1. The van der Waals surface area contributed by atoms with E-state index >= 15 is 0 Å². The predicted octanol–water partition coefficient (Wildman–Crippen LogP) is 5.40. The Kier molecular flexibility index (Phi) is 10.0. The molecule has 0 saturated carbocycles. The summed E-state index contributed by atoms with van der Waals surface area (Å²) in [5.41, 5.74) is 4.15. The minimum atomic E-state index is -0.0573. The zero-order chi connectivity index (χ0) is 25.3. The number of aryl methyl sites for hydroxylation is 2. The zero-order valence-corrected chi connectivity index (χ0v) is 21.7. The fourth-order valence-corrected chi connectivity index (χ4v) is 3.35. The minimum Gasteiger partial charge on any atom is -0.337 e. The summed E-state index contributed by atoms with van der Waals surface area (Å²) in [5.74, 6) is 1.02. The molecule has 2 aromatic heterocycles. The molecule has 3 aromatic rings. The van der Waals surface area contributed by atoms with E-state index in [0.29, 0.717) is 17.4 Å². The van der Waals surface area contributed by atoms with Gasteiger partial charge in [-0.05, 0) is 73.0 Å². The zero-order valence-electron chi connectivity index (χ0n) is 21.7. The van der Waals surface area contributed by atoms with E-state index in [1.165, 1.54) is 12.8 Å². The SMILES string of the molecule is C=C(C)/C=c1\c(=C/C)cc(-c2cc(Nc3noc(CCC)n3)ccc2C)c(=O)n1C.CCCC. The summed E-state index contributed by atoms with van der Waals surface area (Å²) in [5, 5.41) is 8.97. The van der Waals surface area contributed by atoms with Gasteiger partial charge in [-0.3, -0.25) is 4.79 Å². The van der Waals surface area contributed by atoms with Crippen molar-refractivity contribution in [2.45, 2.75) is 67.2 Å². The molecule has 0 saturated heterocycles. The number of aromatic nitrogens is 3. The maximum atomic E-state index is 13.2. The van der Waals surface area contributed by atoms with Crippen molar-refractivity contribution < 1.29 is 4.52 Å². The lowest BCUT2D eigenvalue weighted by Crippen LogP contribution is -2.42. The number of pyridine rings is 1. The van der Waals surface area contributed by atoms with E-state index < -0.39 is 0 Å². The number of hydrogen-bond donors (Lipinski definition) is 1. The van der Waals surface area contributed by atoms with Gasteiger partial charge < -0.3 is 14.4 Å². The second kappa shape index (κ2) is 12.7. The average molecular weight is 463 g/mol. The first-order valence-electron chi connectivity index (χ1n) is 12.0. The number of allylic oxidation sites excluding steroid dienone is 1. The lowest BCUT2D eigenvalue weighted by molar-refractivity contribution is 0.378. The fraction of sp³-hybridized carbons (Fsp3) is 0.393. The van der Waals surface area contributed by atoms with Gasteiger partial charge in [-0.15, -0.1) is 0 Å². The van der Waals surface area contributed by atoms with E-state index in [9.17, 15) is 4.79 Å². The molecular weight excluding hydrogens is 424 g/mol. The molecule has 0 bridgehead atoms. The lowest BCUT2D eigenvalue weighted by Gasteiger charge is -2.11. The van der Waals surface area contributed by atoms with Gasteiger partial charge in [-0.2, -0.15) is 4.98 Å². The molecule has 3 rings (SSSR count). The molecule has 0 aliphatic heterocycles. The normalized spacial score (nSPS) is 11.9. The minimum absolute atomic E-state index is 0.0573. The van der Waals surface area contributed by atoms with Gasteiger partial charge >= 0.3 is 0 Å². The first kappa shape index (κ1) is 26.8. The summed E-state index contributed by atoms with van der Waals surface area (Å²) in [6, 6.07) is 7.81. The van der Waals surface area contributed by atoms with E-state index in [2.05, 4.69) is 42.8 Å². The third kappa shape index (κ3) is 6.80. The van der Waals surface area contributed by atoms with Crippen molar-refractivity contribution in [3.8, 4) is 11.1 Å². The number of rotatable bonds is 7. The third-order valence-electron chi connectivity index (χ3n) is 5.40. The Bertz CT molecular complexity index is 1300. The molecule has 0 spiro atoms. The van der Waals surface area contributed by atoms with Gasteiger partial charge in [0.15, 0.2) is 0 Å². The summed E-state index contributed by atoms with van der Waals surface area (Å²) in [4.78, 5) is 17.5. The van der Waals surface area contributed by atoms with Crippen molar-refractivity contribution in [3.63, 3.8) is 0 Å². The molecule has 1 aromatic carbocycles. The van der Waals surface area contributed by atoms with Gasteiger partial charge in [-0.1, -0.05) is 57.9 Å². The standard InChI is InChI=1S/C24H28N4O2.C4H10/c1-7-9-22-26-24(27-30-22)25-18-11-10-16(5)19(14-18)20-13-17(8-2)21(12-15(3)4)28(6)23(20)29;1-3-4-2/h8,10-14H,3,7,9H2,1-2,4-6H3,(H,25,27);3-4H2,1-2H3/b17-8-,21-12+;. The van der Waals surface area contributed by atoms with Crippen molar-refractivity contribution in [3.05, 3.63) is 68.8 Å². The predicted molar refractivity (Wildman–Crippen MR) is 143 cm³/mol. The topological polar surface area (TPSA) is 73.0 Å². The highest BCUT2D eigenvalue weighted by molar-refractivity contribution is 5.72. The van der Waals surface area contributed by atoms with Gasteiger partial charge in [0.25, 0.3) is 11.5 Å². The van der Waals surface area contributed by atoms with Crippen LogP contribution in [0.2, 0.25) is 0 Å². The number of hydrogen-bond acceptors (Lipinski definition) is 5. The molecule has 0 unspecified atom stereocenters. The van der Waals surface area contributed by atoms with Gasteiger partial charge in [-0.25, -0.2) is 0 Å². The second-order valence-corrected chi connectivity index (χ2v) is 8.46. The highest BCUT2D eigenvalue weighted by Crippen LogP contribution is 2.25. The smallest absolute Gasteiger partial charge is 0.267 e. The monoisotopic (exact) mass is 462 g/mol. The van der Waals surface area contributed by atoms with Crippen LogP contribution in [-0.2, 0) is 13.5 Å². The van der Waals surface area contributed by atoms with E-state index in [0.717, 1.165) is 45.8 Å². The van der Waals surface area contributed by atoms with Crippen molar-refractivity contribution in [1.29, 1.82) is 0 Å². The first-order chi connectivity index (χ1) is 16.2. The average Bonchev–Trinajstić information content (AvgIpc) is 3.25. The maximum Gasteiger partial charge on any atom is 0.267 e. The van der Waals surface area contributed by atoms with Crippen LogP contribution >= 0.6 is 0 Å². The molecule has 182 valence electrons. The Morgan fingerprint density at radius 1 is 1.15 bits per heavy atom. The Morgan fingerprint density at radius 3 is 2.44 bits per heavy atom. The van der Waals surface area contributed by atoms with Crippen molar-refractivity contribution in [1.82, 2.24) is 14.7 Å². The van der Waals surface area contributed by atoms with Crippen LogP contribution < -0.4 is 21.4 Å². The van der Waals surface area contributed by atoms with Crippen LogP contribution in [0, 0.1) is 6.92 Å². The Hall–Kier alpha value is -3.41. The molecule has 0 aliphatic rings. The quantitative estimate of drug-likeness (QED) is 0.509. The van der Waals surface area contributed by atoms with Crippen LogP contribution in [0.1, 0.15) is 65.3 Å². The Labute approximate surface area is 202 Å². The van der Waals surface area contributed by atoms with Crippen LogP contribution in [0.15, 0.2) is 45.7 Å². The summed E-state index contributed by atoms with van der Waals surface area (Å²) in [6.45, 7) is 16.2. The molecule has 6 heteroatoms. The third-order valence-corrected chi connectivity index (χ3v) is 5.40. The molecule has 34 heavy (non-hydrogen) atoms. The lowest BCUT2D eigenvalue weighted by atomic mass is 10.00. The number of unbranched alkanes of at least 4 members (excludes halogenated alkanes) is 1. The molecule has 6 nitrogen and oxygen atoms in total. The molecule has 2 heterocycles. The highest BCUT2D eigenvalue weighted by atomic mass is 16.5. The number of nitrogens with zero attached hydrogens (tertiary/aromatic N) is 3. The van der Waals surface area contributed by atoms with E-state index in [4.69, 9.17) is 4.52 Å². The van der Waals surface area contributed by atoms with E-state index in [1.54, 1.807) is 11.6 Å². The van der Waals surface area contributed by atoms with Gasteiger partial charge in [0.1, 0.15) is 0 Å².